The Balaban J connectivity index is 1.59. The zero-order chi connectivity index (χ0) is 20.4. The van der Waals surface area contributed by atoms with Crippen molar-refractivity contribution in [2.75, 3.05) is 12.4 Å². The van der Waals surface area contributed by atoms with Crippen LogP contribution < -0.4 is 15.6 Å². The van der Waals surface area contributed by atoms with Gasteiger partial charge in [0.1, 0.15) is 23.9 Å². The highest BCUT2D eigenvalue weighted by molar-refractivity contribution is 5.78. The maximum Gasteiger partial charge on any atom is 0.274 e. The molecular formula is C21H18F2N4O2. The predicted octanol–water partition coefficient (Wildman–Crippen LogP) is 3.67. The van der Waals surface area contributed by atoms with Crippen molar-refractivity contribution in [2.45, 2.75) is 13.2 Å². The van der Waals surface area contributed by atoms with E-state index in [4.69, 9.17) is 4.74 Å². The molecule has 0 aliphatic heterocycles. The number of para-hydroxylation sites is 1. The molecule has 0 amide bonds. The van der Waals surface area contributed by atoms with E-state index in [2.05, 4.69) is 15.3 Å². The summed E-state index contributed by atoms with van der Waals surface area (Å²) < 4.78 is 33.9. The van der Waals surface area contributed by atoms with Gasteiger partial charge in [-0.3, -0.25) is 4.79 Å². The van der Waals surface area contributed by atoms with Gasteiger partial charge in [-0.2, -0.15) is 0 Å². The highest BCUT2D eigenvalue weighted by Crippen LogP contribution is 2.22. The summed E-state index contributed by atoms with van der Waals surface area (Å²) in [7, 11) is 1.69. The van der Waals surface area contributed by atoms with Crippen LogP contribution in [-0.4, -0.2) is 21.6 Å². The smallest absolute Gasteiger partial charge is 0.274 e. The Morgan fingerprint density at radius 2 is 2.03 bits per heavy atom. The molecule has 0 radical (unpaired) electrons. The summed E-state index contributed by atoms with van der Waals surface area (Å²) in [6.45, 7) is 0.343. The van der Waals surface area contributed by atoms with Gasteiger partial charge in [0, 0.05) is 24.9 Å². The second kappa shape index (κ2) is 7.75. The second-order valence-electron chi connectivity index (χ2n) is 6.47. The topological polar surface area (TPSA) is 71.9 Å². The molecule has 0 aliphatic carbocycles. The van der Waals surface area contributed by atoms with Crippen molar-refractivity contribution >= 4 is 16.7 Å². The third-order valence-electron chi connectivity index (χ3n) is 4.53. The summed E-state index contributed by atoms with van der Waals surface area (Å²) >= 11 is 0. The fourth-order valence-corrected chi connectivity index (χ4v) is 3.09. The lowest BCUT2D eigenvalue weighted by Gasteiger charge is -2.07. The van der Waals surface area contributed by atoms with Crippen molar-refractivity contribution in [1.82, 2.24) is 14.5 Å². The van der Waals surface area contributed by atoms with Crippen molar-refractivity contribution in [1.29, 1.82) is 0 Å². The number of hydrogen-bond acceptors (Lipinski definition) is 4. The molecule has 8 heteroatoms. The maximum absolute atomic E-state index is 13.8. The van der Waals surface area contributed by atoms with Gasteiger partial charge in [-0.1, -0.05) is 12.1 Å². The number of pyridine rings is 1. The summed E-state index contributed by atoms with van der Waals surface area (Å²) in [5.74, 6) is -0.847. The second-order valence-corrected chi connectivity index (χ2v) is 6.47. The first-order valence-corrected chi connectivity index (χ1v) is 8.96. The lowest BCUT2D eigenvalue weighted by Crippen LogP contribution is -2.22. The number of fused-ring (bicyclic) bond motifs is 1. The fourth-order valence-electron chi connectivity index (χ4n) is 3.09. The highest BCUT2D eigenvalue weighted by Gasteiger charge is 2.11. The monoisotopic (exact) mass is 396 g/mol. The molecule has 2 aromatic carbocycles. The predicted molar refractivity (Wildman–Crippen MR) is 106 cm³/mol. The van der Waals surface area contributed by atoms with Crippen molar-refractivity contribution in [3.05, 3.63) is 88.1 Å². The number of nitrogens with zero attached hydrogens (tertiary/aromatic N) is 2. The molecule has 0 bridgehead atoms. The minimum absolute atomic E-state index is 0.0328. The number of H-pyrrole nitrogens is 1. The number of aromatic nitrogens is 3. The van der Waals surface area contributed by atoms with Gasteiger partial charge in [0.05, 0.1) is 17.6 Å². The molecule has 2 heterocycles. The van der Waals surface area contributed by atoms with E-state index in [0.29, 0.717) is 17.0 Å². The molecule has 0 atom stereocenters. The Labute approximate surface area is 164 Å². The Kier molecular flexibility index (Phi) is 4.99. The van der Waals surface area contributed by atoms with Crippen LogP contribution in [0, 0.1) is 11.6 Å². The van der Waals surface area contributed by atoms with Gasteiger partial charge in [-0.05, 0) is 30.3 Å². The van der Waals surface area contributed by atoms with Crippen LogP contribution in [0.15, 0.2) is 59.5 Å². The zero-order valence-corrected chi connectivity index (χ0v) is 15.6. The van der Waals surface area contributed by atoms with Gasteiger partial charge < -0.3 is 19.6 Å². The largest absolute Gasteiger partial charge is 0.486 e. The van der Waals surface area contributed by atoms with E-state index < -0.39 is 11.6 Å². The number of hydrogen-bond donors (Lipinski definition) is 2. The molecule has 2 N–H and O–H groups in total. The molecule has 0 fully saturated rings. The van der Waals surface area contributed by atoms with E-state index in [1.165, 1.54) is 6.07 Å². The van der Waals surface area contributed by atoms with Gasteiger partial charge in [-0.25, -0.2) is 13.8 Å². The molecule has 2 aromatic heterocycles. The van der Waals surface area contributed by atoms with Gasteiger partial charge in [0.15, 0.2) is 11.6 Å². The summed E-state index contributed by atoms with van der Waals surface area (Å²) in [6.07, 6.45) is 1.69. The number of aromatic amines is 1. The first kappa shape index (κ1) is 18.7. The number of ether oxygens (including phenoxy) is 1. The fraction of sp³-hybridized carbons (Fsp3) is 0.143. The highest BCUT2D eigenvalue weighted by atomic mass is 19.1. The lowest BCUT2D eigenvalue weighted by atomic mass is 10.2. The SMILES string of the molecule is CNc1cccn(Cc2nc3c(COc4ccc(F)cc4F)cccc3[nH]2)c1=O. The van der Waals surface area contributed by atoms with Crippen LogP contribution in [0.1, 0.15) is 11.4 Å². The first-order chi connectivity index (χ1) is 14.0. The average Bonchev–Trinajstić information content (AvgIpc) is 3.12. The molecule has 4 rings (SSSR count). The number of rotatable bonds is 6. The molecule has 0 saturated heterocycles. The van der Waals surface area contributed by atoms with Crippen LogP contribution in [0.5, 0.6) is 5.75 Å². The average molecular weight is 396 g/mol. The van der Waals surface area contributed by atoms with Gasteiger partial charge in [-0.15, -0.1) is 0 Å². The van der Waals surface area contributed by atoms with E-state index in [1.807, 2.05) is 18.2 Å². The van der Waals surface area contributed by atoms with Crippen molar-refractivity contribution in [3.8, 4) is 5.75 Å². The molecule has 0 unspecified atom stereocenters. The van der Waals surface area contributed by atoms with Crippen LogP contribution >= 0.6 is 0 Å². The minimum atomic E-state index is -0.760. The number of benzene rings is 2. The van der Waals surface area contributed by atoms with Crippen molar-refractivity contribution in [3.63, 3.8) is 0 Å². The summed E-state index contributed by atoms with van der Waals surface area (Å²) in [6, 6.07) is 12.2. The standard InChI is InChI=1S/C21H18F2N4O2/c1-24-17-6-3-9-27(21(17)28)11-19-25-16-5-2-4-13(20(16)26-19)12-29-18-8-7-14(22)10-15(18)23/h2-10,24H,11-12H2,1H3,(H,25,26). The van der Waals surface area contributed by atoms with Crippen LogP contribution in [0.3, 0.4) is 0 Å². The Hall–Kier alpha value is -3.68. The normalized spacial score (nSPS) is 11.0. The third kappa shape index (κ3) is 3.82. The van der Waals surface area contributed by atoms with Gasteiger partial charge in [0.2, 0.25) is 0 Å². The van der Waals surface area contributed by atoms with Gasteiger partial charge >= 0.3 is 0 Å². The Bertz CT molecular complexity index is 1230. The third-order valence-corrected chi connectivity index (χ3v) is 4.53. The quantitative estimate of drug-likeness (QED) is 0.522. The number of nitrogens with one attached hydrogen (secondary N) is 2. The van der Waals surface area contributed by atoms with Crippen molar-refractivity contribution in [2.24, 2.45) is 0 Å². The Morgan fingerprint density at radius 1 is 1.17 bits per heavy atom. The number of halogens is 2. The van der Waals surface area contributed by atoms with E-state index in [0.717, 1.165) is 23.2 Å². The Morgan fingerprint density at radius 3 is 2.83 bits per heavy atom. The zero-order valence-electron chi connectivity index (χ0n) is 15.6. The van der Waals surface area contributed by atoms with E-state index in [1.54, 1.807) is 29.9 Å². The van der Waals surface area contributed by atoms with Crippen LogP contribution in [0.2, 0.25) is 0 Å². The molecule has 148 valence electrons. The maximum atomic E-state index is 13.8. The summed E-state index contributed by atoms with van der Waals surface area (Å²) in [5, 5.41) is 2.86. The molecule has 0 spiro atoms. The van der Waals surface area contributed by atoms with Crippen molar-refractivity contribution < 1.29 is 13.5 Å². The molecule has 0 aliphatic rings. The molecule has 4 aromatic rings. The molecule has 0 saturated carbocycles. The first-order valence-electron chi connectivity index (χ1n) is 8.96. The minimum Gasteiger partial charge on any atom is -0.486 e. The molecule has 6 nitrogen and oxygen atoms in total. The summed E-state index contributed by atoms with van der Waals surface area (Å²) in [4.78, 5) is 20.2. The summed E-state index contributed by atoms with van der Waals surface area (Å²) in [5.41, 5.74) is 2.54. The van der Waals surface area contributed by atoms with E-state index in [-0.39, 0.29) is 24.5 Å². The van der Waals surface area contributed by atoms with E-state index in [9.17, 15) is 13.6 Å². The van der Waals surface area contributed by atoms with Crippen LogP contribution in [0.4, 0.5) is 14.5 Å². The molecular weight excluding hydrogens is 378 g/mol. The van der Waals surface area contributed by atoms with Crippen LogP contribution in [0.25, 0.3) is 11.0 Å². The molecule has 29 heavy (non-hydrogen) atoms. The number of anilines is 1. The van der Waals surface area contributed by atoms with E-state index >= 15 is 0 Å². The lowest BCUT2D eigenvalue weighted by molar-refractivity contribution is 0.290. The van der Waals surface area contributed by atoms with Crippen LogP contribution in [-0.2, 0) is 13.2 Å². The number of imidazole rings is 1. The van der Waals surface area contributed by atoms with Gasteiger partial charge in [0.25, 0.3) is 5.56 Å².